The van der Waals surface area contributed by atoms with Crippen molar-refractivity contribution < 1.29 is 34.8 Å². The van der Waals surface area contributed by atoms with Crippen LogP contribution >= 0.6 is 23.2 Å². The van der Waals surface area contributed by atoms with Gasteiger partial charge in [0.05, 0.1) is 5.56 Å². The summed E-state index contributed by atoms with van der Waals surface area (Å²) >= 11 is 12.3. The Kier molecular flexibility index (Phi) is 5.39. The summed E-state index contributed by atoms with van der Waals surface area (Å²) in [6.45, 7) is 5.17. The van der Waals surface area contributed by atoms with Crippen molar-refractivity contribution in [2.75, 3.05) is 0 Å². The first-order chi connectivity index (χ1) is 15.3. The summed E-state index contributed by atoms with van der Waals surface area (Å²) in [7, 11) is 0. The molecule has 0 heterocycles. The van der Waals surface area contributed by atoms with Crippen molar-refractivity contribution in [3.8, 4) is 5.75 Å². The number of primary amides is 1. The van der Waals surface area contributed by atoms with E-state index < -0.39 is 63.3 Å². The molecule has 5 atom stereocenters. The first kappa shape index (κ1) is 23.4. The van der Waals surface area contributed by atoms with Crippen molar-refractivity contribution in [3.63, 3.8) is 0 Å². The first-order valence-electron chi connectivity index (χ1n) is 10.2. The molecule has 174 valence electrons. The van der Waals surface area contributed by atoms with Crippen LogP contribution in [0.3, 0.4) is 0 Å². The van der Waals surface area contributed by atoms with Gasteiger partial charge in [-0.1, -0.05) is 18.2 Å². The van der Waals surface area contributed by atoms with Gasteiger partial charge in [-0.3, -0.25) is 14.4 Å². The van der Waals surface area contributed by atoms with Crippen LogP contribution < -0.4 is 5.73 Å². The molecular weight excluding hydrogens is 473 g/mol. The molecule has 3 aliphatic rings. The van der Waals surface area contributed by atoms with Crippen LogP contribution in [0.1, 0.15) is 30.0 Å². The average Bonchev–Trinajstić information content (AvgIpc) is 2.70. The van der Waals surface area contributed by atoms with E-state index in [0.29, 0.717) is 11.1 Å². The summed E-state index contributed by atoms with van der Waals surface area (Å²) < 4.78 is 0. The number of alkyl halides is 1. The third kappa shape index (κ3) is 3.04. The van der Waals surface area contributed by atoms with Crippen LogP contribution in [0.2, 0.25) is 0 Å². The molecule has 6 N–H and O–H groups in total. The number of hydrogen-bond acceptors (Lipinski definition) is 7. The number of aliphatic hydroxyl groups excluding tert-OH is 2. The maximum atomic E-state index is 13.6. The Bertz CT molecular complexity index is 1220. The summed E-state index contributed by atoms with van der Waals surface area (Å²) in [6, 6.07) is 2.82. The molecular formula is C23H21Cl2NO7. The molecule has 0 radical (unpaired) electrons. The number of carbonyl (C=O) groups excluding carboxylic acids is 3. The number of amides is 1. The quantitative estimate of drug-likeness (QED) is 0.319. The second-order valence-corrected chi connectivity index (χ2v) is 9.79. The molecule has 1 aromatic carbocycles. The molecule has 4 rings (SSSR count). The fraction of sp³-hybridized carbons (Fsp3) is 0.348. The SMILES string of the molecule is C=C(Cl)c1ccc(O)c2c1C[C@H]1C[C@H]3[C@H](C(C)Cl)C(=O)C(C(N)=O)=C(O)[C@@]3(O)C(=O)C1=C2O. The zero-order valence-electron chi connectivity index (χ0n) is 17.4. The molecule has 0 spiro atoms. The number of aliphatic hydroxyl groups is 3. The smallest absolute Gasteiger partial charge is 0.255 e. The molecule has 8 nitrogen and oxygen atoms in total. The number of ketones is 2. The minimum Gasteiger partial charge on any atom is -0.508 e. The van der Waals surface area contributed by atoms with Gasteiger partial charge in [0, 0.05) is 27.8 Å². The van der Waals surface area contributed by atoms with E-state index in [1.165, 1.54) is 19.1 Å². The van der Waals surface area contributed by atoms with Crippen molar-refractivity contribution in [1.82, 2.24) is 0 Å². The van der Waals surface area contributed by atoms with Crippen LogP contribution in [-0.4, -0.2) is 48.9 Å². The highest BCUT2D eigenvalue weighted by Crippen LogP contribution is 2.55. The highest BCUT2D eigenvalue weighted by molar-refractivity contribution is 6.48. The van der Waals surface area contributed by atoms with Gasteiger partial charge < -0.3 is 26.2 Å². The van der Waals surface area contributed by atoms with Crippen LogP contribution in [0, 0.1) is 17.8 Å². The minimum atomic E-state index is -2.70. The van der Waals surface area contributed by atoms with Crippen LogP contribution in [0.25, 0.3) is 10.8 Å². The van der Waals surface area contributed by atoms with Crippen LogP contribution in [0.5, 0.6) is 5.75 Å². The number of nitrogens with two attached hydrogens (primary N) is 1. The number of hydrogen-bond donors (Lipinski definition) is 5. The predicted octanol–water partition coefficient (Wildman–Crippen LogP) is 2.49. The second kappa shape index (κ2) is 7.62. The number of benzene rings is 1. The number of carbonyl (C=O) groups is 3. The van der Waals surface area contributed by atoms with Gasteiger partial charge in [0.15, 0.2) is 11.4 Å². The lowest BCUT2D eigenvalue weighted by Gasteiger charge is -2.49. The molecule has 10 heteroatoms. The van der Waals surface area contributed by atoms with Gasteiger partial charge in [-0.2, -0.15) is 0 Å². The van der Waals surface area contributed by atoms with E-state index >= 15 is 0 Å². The zero-order valence-corrected chi connectivity index (χ0v) is 18.9. The van der Waals surface area contributed by atoms with Crippen molar-refractivity contribution in [2.45, 2.75) is 30.7 Å². The first-order valence-corrected chi connectivity index (χ1v) is 11.0. The Labute approximate surface area is 198 Å². The Morgan fingerprint density at radius 3 is 2.45 bits per heavy atom. The van der Waals surface area contributed by atoms with Crippen molar-refractivity contribution in [3.05, 3.63) is 52.3 Å². The topological polar surface area (TPSA) is 158 Å². The van der Waals surface area contributed by atoms with E-state index in [1.807, 2.05) is 0 Å². The summed E-state index contributed by atoms with van der Waals surface area (Å²) in [6.07, 6.45) is 0.0990. The Morgan fingerprint density at radius 2 is 1.91 bits per heavy atom. The van der Waals surface area contributed by atoms with Gasteiger partial charge in [-0.25, -0.2) is 0 Å². The summed E-state index contributed by atoms with van der Waals surface area (Å²) in [5, 5.41) is 42.9. The molecule has 0 aliphatic heterocycles. The molecule has 1 aromatic rings. The fourth-order valence-electron chi connectivity index (χ4n) is 5.50. The molecule has 0 saturated heterocycles. The highest BCUT2D eigenvalue weighted by Gasteiger charge is 2.64. The highest BCUT2D eigenvalue weighted by atomic mass is 35.5. The van der Waals surface area contributed by atoms with Crippen molar-refractivity contribution in [2.24, 2.45) is 23.5 Å². The largest absolute Gasteiger partial charge is 0.508 e. The summed E-state index contributed by atoms with van der Waals surface area (Å²) in [5.41, 5.74) is 2.31. The van der Waals surface area contributed by atoms with Crippen LogP contribution in [0.15, 0.2) is 35.6 Å². The van der Waals surface area contributed by atoms with E-state index in [2.05, 4.69) is 6.58 Å². The van der Waals surface area contributed by atoms with Gasteiger partial charge in [0.25, 0.3) is 5.91 Å². The van der Waals surface area contributed by atoms with Crippen LogP contribution in [0.4, 0.5) is 0 Å². The standard InChI is InChI=1S/C23H21Cl2NO7/c1-7(24)10-3-4-13(27)16-11(10)5-9-6-12-14(8(2)25)18(28)17(22(26)32)21(31)23(12,33)20(30)15(9)19(16)29/h3-4,8-9,12,14,27,29,31,33H,1,5-6H2,2H3,(H2,26,32)/t8?,9-,12-,14-,23-/m0/s1. The average molecular weight is 494 g/mol. The third-order valence-corrected chi connectivity index (χ3v) is 7.40. The van der Waals surface area contributed by atoms with Gasteiger partial charge in [0.2, 0.25) is 5.78 Å². The van der Waals surface area contributed by atoms with E-state index in [0.717, 1.165) is 0 Å². The number of aromatic hydroxyl groups is 1. The molecule has 3 aliphatic carbocycles. The zero-order chi connectivity index (χ0) is 24.6. The number of phenolic OH excluding ortho intramolecular Hbond substituents is 1. The monoisotopic (exact) mass is 493 g/mol. The van der Waals surface area contributed by atoms with E-state index in [4.69, 9.17) is 28.9 Å². The minimum absolute atomic E-state index is 0.0332. The molecule has 1 unspecified atom stereocenters. The van der Waals surface area contributed by atoms with Crippen molar-refractivity contribution >= 4 is 51.5 Å². The second-order valence-electron chi connectivity index (χ2n) is 8.65. The normalized spacial score (nSPS) is 29.9. The molecule has 1 saturated carbocycles. The van der Waals surface area contributed by atoms with Gasteiger partial charge in [0.1, 0.15) is 22.8 Å². The Hall–Kier alpha value is -2.81. The summed E-state index contributed by atoms with van der Waals surface area (Å²) in [5.74, 6) is -8.39. The maximum Gasteiger partial charge on any atom is 0.255 e. The lowest BCUT2D eigenvalue weighted by molar-refractivity contribution is -0.153. The molecule has 1 amide bonds. The maximum absolute atomic E-state index is 13.6. The number of rotatable bonds is 3. The van der Waals surface area contributed by atoms with Gasteiger partial charge in [-0.15, -0.1) is 11.6 Å². The Balaban J connectivity index is 2.00. The molecule has 0 aromatic heterocycles. The lowest BCUT2D eigenvalue weighted by Crippen LogP contribution is -2.62. The molecule has 33 heavy (non-hydrogen) atoms. The summed E-state index contributed by atoms with van der Waals surface area (Å²) in [4.78, 5) is 38.5. The number of phenols is 1. The van der Waals surface area contributed by atoms with Crippen molar-refractivity contribution in [1.29, 1.82) is 0 Å². The fourth-order valence-corrected chi connectivity index (χ4v) is 5.97. The lowest BCUT2D eigenvalue weighted by atomic mass is 9.55. The third-order valence-electron chi connectivity index (χ3n) is 6.92. The van der Waals surface area contributed by atoms with E-state index in [9.17, 15) is 34.8 Å². The number of fused-ring (bicyclic) bond motifs is 3. The van der Waals surface area contributed by atoms with E-state index in [1.54, 1.807) is 0 Å². The van der Waals surface area contributed by atoms with Gasteiger partial charge >= 0.3 is 0 Å². The van der Waals surface area contributed by atoms with Gasteiger partial charge in [-0.05, 0) is 48.9 Å². The van der Waals surface area contributed by atoms with E-state index in [-0.39, 0.29) is 34.8 Å². The number of halogens is 2. The molecule has 0 bridgehead atoms. The number of Topliss-reactive ketones (excluding diaryl/α,β-unsaturated/α-hetero) is 2. The Morgan fingerprint density at radius 1 is 1.27 bits per heavy atom. The molecule has 1 fully saturated rings. The van der Waals surface area contributed by atoms with Crippen LogP contribution in [-0.2, 0) is 20.8 Å². The predicted molar refractivity (Wildman–Crippen MR) is 120 cm³/mol.